The summed E-state index contributed by atoms with van der Waals surface area (Å²) in [7, 11) is 0. The summed E-state index contributed by atoms with van der Waals surface area (Å²) >= 11 is 0. The molecule has 0 unspecified atom stereocenters. The van der Waals surface area contributed by atoms with Gasteiger partial charge in [0.2, 0.25) is 82.7 Å². The highest BCUT2D eigenvalue weighted by Gasteiger charge is 2.43. The molecule has 1 aliphatic rings. The molecule has 1 fully saturated rings. The van der Waals surface area contributed by atoms with E-state index >= 15 is 0 Å². The van der Waals surface area contributed by atoms with Crippen molar-refractivity contribution in [2.24, 2.45) is 23.3 Å². The largest absolute Gasteiger partial charge is 0.481 e. The molecule has 0 spiro atoms. The van der Waals surface area contributed by atoms with Crippen LogP contribution in [0.25, 0.3) is 0 Å². The van der Waals surface area contributed by atoms with Gasteiger partial charge in [-0.05, 0) is 90.5 Å². The van der Waals surface area contributed by atoms with Gasteiger partial charge >= 0.3 is 17.9 Å². The van der Waals surface area contributed by atoms with Crippen LogP contribution in [0, 0.1) is 11.8 Å². The summed E-state index contributed by atoms with van der Waals surface area (Å²) in [5.41, 5.74) is 11.7. The van der Waals surface area contributed by atoms with E-state index < -0.39 is 261 Å². The molecule has 1 aromatic rings. The third kappa shape index (κ3) is 29.7. The molecule has 1 heterocycles. The minimum atomic E-state index is -1.96. The molecule has 102 heavy (non-hydrogen) atoms. The van der Waals surface area contributed by atoms with Gasteiger partial charge < -0.3 is 116 Å². The van der Waals surface area contributed by atoms with Gasteiger partial charge in [-0.3, -0.25) is 81.5 Å². The molecular weight excluding hydrogens is 1350 g/mol. The SMILES string of the molecule is CC(C)C[C@H](NC(=O)[C@H](CCC(=O)O)NC(=O)[C@H](Cc1ccccc1)NC(=O)[C@H](C)N)C(=O)N[C@H](C(=O)N[C@@H](CCC(N)=O)C(=O)N[C@H](C(=O)N1CCC[C@H]1C(=O)N[C@@H](CO)C(=O)N[C@@H](CO)C(=O)N[C@H](C(=O)N[C@@H](CCC(=O)O)C(=O)N[C@@H](C)C(=O)N[C@@H](C)C(=O)O)C(C)C)[C@@H](C)O)[C@@H](C)O. The Morgan fingerprint density at radius 3 is 1.34 bits per heavy atom. The van der Waals surface area contributed by atoms with Gasteiger partial charge in [-0.2, -0.15) is 0 Å². The Balaban J connectivity index is 2.34. The van der Waals surface area contributed by atoms with Crippen molar-refractivity contribution < 1.29 is 117 Å². The number of aliphatic hydroxyl groups is 4. The van der Waals surface area contributed by atoms with E-state index in [-0.39, 0.29) is 32.2 Å². The van der Waals surface area contributed by atoms with Crippen LogP contribution in [0.1, 0.15) is 126 Å². The molecule has 0 bridgehead atoms. The fourth-order valence-corrected chi connectivity index (χ4v) is 10.0. The molecule has 39 heteroatoms. The summed E-state index contributed by atoms with van der Waals surface area (Å²) in [6.45, 7) is 9.47. The van der Waals surface area contributed by atoms with Gasteiger partial charge in [0.25, 0.3) is 0 Å². The third-order valence-electron chi connectivity index (χ3n) is 15.8. The highest BCUT2D eigenvalue weighted by molar-refractivity contribution is 6.01. The summed E-state index contributed by atoms with van der Waals surface area (Å²) in [4.78, 5) is 225. The van der Waals surface area contributed by atoms with Crippen molar-refractivity contribution in [2.45, 2.75) is 223 Å². The van der Waals surface area contributed by atoms with E-state index in [1.54, 1.807) is 44.2 Å². The Morgan fingerprint density at radius 2 is 0.863 bits per heavy atom. The van der Waals surface area contributed by atoms with Crippen LogP contribution in [0.3, 0.4) is 0 Å². The number of aliphatic hydroxyl groups excluding tert-OH is 4. The second kappa shape index (κ2) is 43.0. The van der Waals surface area contributed by atoms with Gasteiger partial charge in [-0.1, -0.05) is 58.0 Å². The van der Waals surface area contributed by atoms with E-state index in [4.69, 9.17) is 16.6 Å². The molecule has 570 valence electrons. The van der Waals surface area contributed by atoms with Crippen molar-refractivity contribution in [1.82, 2.24) is 68.7 Å². The molecule has 0 radical (unpaired) electrons. The van der Waals surface area contributed by atoms with Gasteiger partial charge in [0.15, 0.2) is 0 Å². The number of hydrogen-bond acceptors (Lipinski definition) is 22. The standard InChI is InChI=1S/C63H99N15O24/c1-28(2)24-39(72-53(91)38(19-22-46(86)87)68-55(93)40(71-50(88)30(5)64)25-35-14-11-10-12-15-35)56(94)76-48(33(8)81)61(99)70-36(17-20-44(65)83)54(92)77-49(34(9)82)62(100)78-23-13-16-43(78)59(97)74-41(26-79)57(95)73-42(27-80)58(96)75-47(29(3)4)60(98)69-37(18-21-45(84)85)52(90)66-31(6)51(89)67-32(7)63(101)102/h10-12,14-15,28-34,36-43,47-49,79-82H,13,16-27,64H2,1-9H3,(H2,65,83)(H,66,90)(H,67,89)(H,68,93)(H,69,98)(H,70,99)(H,71,88)(H,72,91)(H,73,95)(H,74,97)(H,75,96)(H,76,94)(H,77,92)(H,84,85)(H,86,87)(H,101,102)/t30-,31-,32-,33+,34+,36-,37-,38-,39-,40-,41-,42-,43-,47-,48-,49-/m0/s1. The number of carboxylic acids is 3. The maximum absolute atomic E-state index is 14.3. The Bertz CT molecular complexity index is 3140. The van der Waals surface area contributed by atoms with Crippen molar-refractivity contribution in [3.8, 4) is 0 Å². The maximum atomic E-state index is 14.3. The molecular formula is C63H99N15O24. The molecule has 1 saturated heterocycles. The number of carboxylic acid groups (broad SMARTS) is 3. The van der Waals surface area contributed by atoms with Crippen LogP contribution in [0.5, 0.6) is 0 Å². The van der Waals surface area contributed by atoms with Gasteiger partial charge in [0.1, 0.15) is 78.5 Å². The van der Waals surface area contributed by atoms with E-state index in [2.05, 4.69) is 63.8 Å². The highest BCUT2D eigenvalue weighted by Crippen LogP contribution is 2.21. The molecule has 0 saturated carbocycles. The minimum absolute atomic E-state index is 0.0892. The Labute approximate surface area is 587 Å². The zero-order chi connectivity index (χ0) is 77.6. The number of amides is 14. The molecule has 14 amide bonds. The summed E-state index contributed by atoms with van der Waals surface area (Å²) in [6.07, 6.45) is -7.45. The van der Waals surface area contributed by atoms with Crippen molar-refractivity contribution in [3.05, 3.63) is 35.9 Å². The number of primary amides is 1. The van der Waals surface area contributed by atoms with Crippen molar-refractivity contribution in [2.75, 3.05) is 19.8 Å². The summed E-state index contributed by atoms with van der Waals surface area (Å²) < 4.78 is 0. The van der Waals surface area contributed by atoms with Gasteiger partial charge in [0, 0.05) is 32.2 Å². The first kappa shape index (κ1) is 88.1. The first-order chi connectivity index (χ1) is 47.6. The van der Waals surface area contributed by atoms with Crippen molar-refractivity contribution >= 4 is 101 Å². The van der Waals surface area contributed by atoms with E-state index in [1.165, 1.54) is 27.7 Å². The molecule has 1 aliphatic heterocycles. The number of aliphatic carboxylic acids is 3. The van der Waals surface area contributed by atoms with E-state index in [1.807, 2.05) is 0 Å². The van der Waals surface area contributed by atoms with Crippen molar-refractivity contribution in [3.63, 3.8) is 0 Å². The lowest BCUT2D eigenvalue weighted by Gasteiger charge is -2.32. The highest BCUT2D eigenvalue weighted by atomic mass is 16.4. The quantitative estimate of drug-likeness (QED) is 0.0289. The molecule has 16 atom stereocenters. The molecule has 0 aliphatic carbocycles. The zero-order valence-electron chi connectivity index (χ0n) is 58.1. The zero-order valence-corrected chi connectivity index (χ0v) is 58.1. The van der Waals surface area contributed by atoms with Gasteiger partial charge in [-0.15, -0.1) is 0 Å². The van der Waals surface area contributed by atoms with Crippen LogP contribution in [0.4, 0.5) is 0 Å². The fourth-order valence-electron chi connectivity index (χ4n) is 10.0. The van der Waals surface area contributed by atoms with Crippen LogP contribution >= 0.6 is 0 Å². The number of benzene rings is 1. The lowest BCUT2D eigenvalue weighted by Crippen LogP contribution is -2.63. The first-order valence-corrected chi connectivity index (χ1v) is 32.9. The Kier molecular flexibility index (Phi) is 37.1. The number of carbonyl (C=O) groups excluding carboxylic acids is 14. The van der Waals surface area contributed by atoms with Crippen LogP contribution in [-0.4, -0.2) is 258 Å². The smallest absolute Gasteiger partial charge is 0.325 e. The van der Waals surface area contributed by atoms with Gasteiger partial charge in [-0.25, -0.2) is 0 Å². The number of carbonyl (C=O) groups is 17. The second-order valence-corrected chi connectivity index (χ2v) is 25.4. The maximum Gasteiger partial charge on any atom is 0.325 e. The Morgan fingerprint density at radius 1 is 0.461 bits per heavy atom. The topological polar surface area (TPSA) is 631 Å². The second-order valence-electron chi connectivity index (χ2n) is 25.4. The fraction of sp³-hybridized carbons (Fsp3) is 0.635. The van der Waals surface area contributed by atoms with Crippen LogP contribution in [-0.2, 0) is 87.9 Å². The molecule has 2 rings (SSSR count). The summed E-state index contributed by atoms with van der Waals surface area (Å²) in [5.74, 6) is -20.5. The number of hydrogen-bond donors (Lipinski definition) is 21. The number of rotatable bonds is 44. The van der Waals surface area contributed by atoms with E-state index in [0.29, 0.717) is 5.56 Å². The lowest BCUT2D eigenvalue weighted by atomic mass is 10.0. The van der Waals surface area contributed by atoms with Gasteiger partial charge in [0.05, 0.1) is 31.5 Å². The number of nitrogens with two attached hydrogens (primary N) is 2. The van der Waals surface area contributed by atoms with Crippen molar-refractivity contribution in [1.29, 1.82) is 0 Å². The van der Waals surface area contributed by atoms with Crippen LogP contribution in [0.15, 0.2) is 30.3 Å². The minimum Gasteiger partial charge on any atom is -0.481 e. The predicted molar refractivity (Wildman–Crippen MR) is 355 cm³/mol. The number of likely N-dealkylation sites (tertiary alicyclic amines) is 1. The normalized spacial score (nSPS) is 17.1. The third-order valence-corrected chi connectivity index (χ3v) is 15.8. The molecule has 39 nitrogen and oxygen atoms in total. The van der Waals surface area contributed by atoms with E-state index in [9.17, 15) is 112 Å². The molecule has 23 N–H and O–H groups in total. The monoisotopic (exact) mass is 1450 g/mol. The molecule has 0 aromatic heterocycles. The Hall–Kier alpha value is -9.99. The number of nitrogens with one attached hydrogen (secondary N) is 12. The first-order valence-electron chi connectivity index (χ1n) is 32.9. The van der Waals surface area contributed by atoms with Crippen LogP contribution < -0.4 is 75.3 Å². The van der Waals surface area contributed by atoms with E-state index in [0.717, 1.165) is 25.7 Å². The lowest BCUT2D eigenvalue weighted by molar-refractivity contribution is -0.145. The average Bonchev–Trinajstić information content (AvgIpc) is 1.59. The summed E-state index contributed by atoms with van der Waals surface area (Å²) in [6, 6.07) is -14.3. The summed E-state index contributed by atoms with van der Waals surface area (Å²) in [5, 5.41) is 98.1. The number of nitrogens with zero attached hydrogens (tertiary/aromatic N) is 1. The average molecular weight is 1450 g/mol. The van der Waals surface area contributed by atoms with Crippen LogP contribution in [0.2, 0.25) is 0 Å². The predicted octanol–water partition coefficient (Wildman–Crippen LogP) is -8.05. The molecule has 1 aromatic carbocycles.